The zero-order valence-corrected chi connectivity index (χ0v) is 18.4. The fourth-order valence-electron chi connectivity index (χ4n) is 3.59. The monoisotopic (exact) mass is 512 g/mol. The van der Waals surface area contributed by atoms with Crippen LogP contribution in [0.1, 0.15) is 54.4 Å². The van der Waals surface area contributed by atoms with E-state index < -0.39 is 46.3 Å². The first-order valence-electron chi connectivity index (χ1n) is 9.68. The molecule has 0 aliphatic heterocycles. The fourth-order valence-corrected chi connectivity index (χ4v) is 4.92. The number of hydrogen-bond acceptors (Lipinski definition) is 3. The summed E-state index contributed by atoms with van der Waals surface area (Å²) in [6.07, 6.45) is -5.13. The first-order chi connectivity index (χ1) is 14.7. The molecule has 1 heterocycles. The number of halogens is 9. The highest BCUT2D eigenvalue weighted by Gasteiger charge is 2.83. The van der Waals surface area contributed by atoms with E-state index in [1.54, 1.807) is 0 Å². The quantitative estimate of drug-likeness (QED) is 0.454. The van der Waals surface area contributed by atoms with Crippen molar-refractivity contribution in [2.75, 3.05) is 5.32 Å². The van der Waals surface area contributed by atoms with E-state index >= 15 is 0 Å². The van der Waals surface area contributed by atoms with Crippen molar-refractivity contribution in [2.45, 2.75) is 70.4 Å². The van der Waals surface area contributed by atoms with Gasteiger partial charge in [0, 0.05) is 4.88 Å². The molecule has 0 fully saturated rings. The highest BCUT2D eigenvalue weighted by Crippen LogP contribution is 2.53. The van der Waals surface area contributed by atoms with Crippen molar-refractivity contribution < 1.29 is 49.1 Å². The minimum Gasteiger partial charge on any atom is -0.365 e. The molecule has 188 valence electrons. The van der Waals surface area contributed by atoms with E-state index in [2.05, 4.69) is 0 Å². The standard InChI is InChI=1S/C19H21F9N2O2S/c1-4-15(2,3)8-5-6-9-10(7-8)33-13(11(9)12(29)31)30-14(32)16(20,21)17(22,23)18(24,25)19(26,27)28/h8H,4-7H2,1-3H3,(H2,29,31)(H,30,32). The van der Waals surface area contributed by atoms with Gasteiger partial charge in [0.1, 0.15) is 5.00 Å². The van der Waals surface area contributed by atoms with Gasteiger partial charge in [0.05, 0.1) is 5.56 Å². The van der Waals surface area contributed by atoms with Gasteiger partial charge in [-0.3, -0.25) is 9.59 Å². The third kappa shape index (κ3) is 4.42. The van der Waals surface area contributed by atoms with E-state index in [0.29, 0.717) is 34.6 Å². The average Bonchev–Trinajstić information content (AvgIpc) is 3.03. The molecule has 1 aliphatic carbocycles. The van der Waals surface area contributed by atoms with Crippen molar-refractivity contribution in [3.63, 3.8) is 0 Å². The Kier molecular flexibility index (Phi) is 6.89. The van der Waals surface area contributed by atoms with Gasteiger partial charge in [0.15, 0.2) is 0 Å². The largest absolute Gasteiger partial charge is 0.460 e. The number of nitrogens with two attached hydrogens (primary N) is 1. The smallest absolute Gasteiger partial charge is 0.365 e. The number of nitrogens with one attached hydrogen (secondary N) is 1. The Balaban J connectivity index is 2.43. The highest BCUT2D eigenvalue weighted by molar-refractivity contribution is 7.17. The van der Waals surface area contributed by atoms with Gasteiger partial charge < -0.3 is 11.1 Å². The zero-order valence-electron chi connectivity index (χ0n) is 17.6. The van der Waals surface area contributed by atoms with Crippen LogP contribution in [0.15, 0.2) is 0 Å². The summed E-state index contributed by atoms with van der Waals surface area (Å²) < 4.78 is 118. The summed E-state index contributed by atoms with van der Waals surface area (Å²) in [4.78, 5) is 24.2. The van der Waals surface area contributed by atoms with Crippen molar-refractivity contribution in [3.05, 3.63) is 16.0 Å². The lowest BCUT2D eigenvalue weighted by molar-refractivity contribution is -0.388. The Bertz CT molecular complexity index is 938. The van der Waals surface area contributed by atoms with Crippen LogP contribution in [0.3, 0.4) is 0 Å². The fraction of sp³-hybridized carbons (Fsp3) is 0.684. The number of rotatable bonds is 7. The molecule has 2 rings (SSSR count). The maximum Gasteiger partial charge on any atom is 0.460 e. The minimum absolute atomic E-state index is 0.0779. The molecule has 1 unspecified atom stereocenters. The molecule has 14 heteroatoms. The van der Waals surface area contributed by atoms with Crippen molar-refractivity contribution >= 4 is 28.2 Å². The van der Waals surface area contributed by atoms with Crippen LogP contribution in [0.25, 0.3) is 0 Å². The third-order valence-corrected chi connectivity index (χ3v) is 7.35. The van der Waals surface area contributed by atoms with E-state index in [-0.39, 0.29) is 17.8 Å². The minimum atomic E-state index is -7.21. The topological polar surface area (TPSA) is 72.2 Å². The summed E-state index contributed by atoms with van der Waals surface area (Å²) in [6.45, 7) is 5.91. The number of alkyl halides is 9. The zero-order chi connectivity index (χ0) is 25.8. The van der Waals surface area contributed by atoms with E-state index in [9.17, 15) is 49.1 Å². The van der Waals surface area contributed by atoms with Gasteiger partial charge in [-0.2, -0.15) is 39.5 Å². The van der Waals surface area contributed by atoms with Gasteiger partial charge in [-0.1, -0.05) is 27.2 Å². The van der Waals surface area contributed by atoms with Crippen molar-refractivity contribution in [2.24, 2.45) is 17.1 Å². The number of fused-ring (bicyclic) bond motifs is 1. The Hall–Kier alpha value is -1.99. The van der Waals surface area contributed by atoms with Gasteiger partial charge in [-0.25, -0.2) is 0 Å². The molecule has 33 heavy (non-hydrogen) atoms. The second-order valence-corrected chi connectivity index (χ2v) is 9.63. The van der Waals surface area contributed by atoms with Crippen molar-refractivity contribution in [3.8, 4) is 0 Å². The van der Waals surface area contributed by atoms with Gasteiger partial charge in [-0.15, -0.1) is 11.3 Å². The Morgan fingerprint density at radius 3 is 2.03 bits per heavy atom. The lowest BCUT2D eigenvalue weighted by atomic mass is 9.69. The molecule has 1 aromatic rings. The normalized spacial score (nSPS) is 18.1. The maximum atomic E-state index is 13.9. The van der Waals surface area contributed by atoms with E-state index in [1.807, 2.05) is 20.8 Å². The summed E-state index contributed by atoms with van der Waals surface area (Å²) in [5.41, 5.74) is 4.91. The van der Waals surface area contributed by atoms with E-state index in [0.717, 1.165) is 6.42 Å². The van der Waals surface area contributed by atoms with Crippen LogP contribution in [-0.2, 0) is 17.6 Å². The summed E-state index contributed by atoms with van der Waals surface area (Å²) in [5.74, 6) is -25.0. The summed E-state index contributed by atoms with van der Waals surface area (Å²) in [6, 6.07) is 0. The lowest BCUT2D eigenvalue weighted by Crippen LogP contribution is -2.64. The number of anilines is 1. The lowest BCUT2D eigenvalue weighted by Gasteiger charge is -2.36. The first-order valence-corrected chi connectivity index (χ1v) is 10.5. The van der Waals surface area contributed by atoms with Crippen molar-refractivity contribution in [1.82, 2.24) is 0 Å². The molecule has 0 aromatic carbocycles. The molecular weight excluding hydrogens is 491 g/mol. The van der Waals surface area contributed by atoms with Crippen LogP contribution in [0.2, 0.25) is 0 Å². The van der Waals surface area contributed by atoms with Crippen LogP contribution in [0, 0.1) is 11.3 Å². The van der Waals surface area contributed by atoms with Crippen LogP contribution in [0.4, 0.5) is 44.5 Å². The second kappa shape index (κ2) is 8.35. The Labute approximate surface area is 186 Å². The second-order valence-electron chi connectivity index (χ2n) is 8.53. The predicted octanol–water partition coefficient (Wildman–Crippen LogP) is 5.79. The van der Waals surface area contributed by atoms with Crippen LogP contribution in [-0.4, -0.2) is 35.8 Å². The van der Waals surface area contributed by atoms with Gasteiger partial charge in [-0.05, 0) is 36.2 Å². The molecule has 1 atom stereocenters. The molecule has 4 nitrogen and oxygen atoms in total. The van der Waals surface area contributed by atoms with E-state index in [1.165, 1.54) is 5.32 Å². The summed E-state index contributed by atoms with van der Waals surface area (Å²) in [7, 11) is 0. The van der Waals surface area contributed by atoms with E-state index in [4.69, 9.17) is 5.73 Å². The molecule has 3 N–H and O–H groups in total. The third-order valence-electron chi connectivity index (χ3n) is 6.19. The number of thiophene rings is 1. The average molecular weight is 512 g/mol. The molecule has 0 bridgehead atoms. The summed E-state index contributed by atoms with van der Waals surface area (Å²) >= 11 is 0.568. The molecule has 0 saturated carbocycles. The molecule has 1 aromatic heterocycles. The molecule has 1 aliphatic rings. The van der Waals surface area contributed by atoms with Crippen LogP contribution >= 0.6 is 11.3 Å². The highest BCUT2D eigenvalue weighted by atomic mass is 32.1. The number of carbonyl (C=O) groups is 2. The van der Waals surface area contributed by atoms with Crippen LogP contribution < -0.4 is 11.1 Å². The Morgan fingerprint density at radius 1 is 1.03 bits per heavy atom. The number of carbonyl (C=O) groups excluding carboxylic acids is 2. The molecule has 2 amide bonds. The van der Waals surface area contributed by atoms with Crippen molar-refractivity contribution in [1.29, 1.82) is 0 Å². The van der Waals surface area contributed by atoms with Gasteiger partial charge >= 0.3 is 29.9 Å². The van der Waals surface area contributed by atoms with Gasteiger partial charge in [0.25, 0.3) is 5.91 Å². The Morgan fingerprint density at radius 2 is 1.58 bits per heavy atom. The van der Waals surface area contributed by atoms with Crippen LogP contribution in [0.5, 0.6) is 0 Å². The molecule has 0 radical (unpaired) electrons. The SMILES string of the molecule is CCC(C)(C)C1CCc2c(sc(NC(=O)C(F)(F)C(F)(F)C(F)(F)C(F)(F)F)c2C(N)=O)C1. The molecular formula is C19H21F9N2O2S. The van der Waals surface area contributed by atoms with Gasteiger partial charge in [0.2, 0.25) is 0 Å². The number of primary amides is 1. The summed E-state index contributed by atoms with van der Waals surface area (Å²) in [5, 5.41) is 0.525. The molecule has 0 saturated heterocycles. The number of amides is 2. The predicted molar refractivity (Wildman–Crippen MR) is 102 cm³/mol. The number of hydrogen-bond donors (Lipinski definition) is 2. The maximum absolute atomic E-state index is 13.9. The molecule has 0 spiro atoms. The first kappa shape index (κ1) is 27.3.